The fraction of sp³-hybridized carbons (Fsp3) is 0.222. The second-order valence-corrected chi connectivity index (χ2v) is 6.39. The number of carbonyl (C=O) groups is 2. The summed E-state index contributed by atoms with van der Waals surface area (Å²) in [4.78, 5) is 23.3. The number of alkyl halides is 3. The Bertz CT molecular complexity index is 795. The van der Waals surface area contributed by atoms with Crippen molar-refractivity contribution in [3.8, 4) is 5.75 Å². The van der Waals surface area contributed by atoms with E-state index < -0.39 is 30.6 Å². The maximum atomic E-state index is 12.8. The van der Waals surface area contributed by atoms with Crippen molar-refractivity contribution in [2.45, 2.75) is 12.1 Å². The molecule has 2 aromatic rings. The van der Waals surface area contributed by atoms with Crippen molar-refractivity contribution in [1.29, 1.82) is 0 Å². The predicted octanol–water partition coefficient (Wildman–Crippen LogP) is 4.14. The number of nitrogens with one attached hydrogen (secondary N) is 1. The summed E-state index contributed by atoms with van der Waals surface area (Å²) in [7, 11) is 0. The van der Waals surface area contributed by atoms with Crippen LogP contribution in [0.2, 0.25) is 0 Å². The molecule has 0 aliphatic carbocycles. The van der Waals surface area contributed by atoms with Gasteiger partial charge >= 0.3 is 12.3 Å². The summed E-state index contributed by atoms with van der Waals surface area (Å²) in [6.07, 6.45) is -4.80. The van der Waals surface area contributed by atoms with Gasteiger partial charge in [0.05, 0.1) is 5.75 Å². The third kappa shape index (κ3) is 8.30. The lowest BCUT2D eigenvalue weighted by Crippen LogP contribution is -2.21. The molecule has 150 valence electrons. The van der Waals surface area contributed by atoms with E-state index in [9.17, 15) is 27.2 Å². The van der Waals surface area contributed by atoms with Gasteiger partial charge in [0.2, 0.25) is 0 Å². The minimum atomic E-state index is -4.80. The number of carbonyl (C=O) groups excluding carboxylic acids is 2. The fourth-order valence-corrected chi connectivity index (χ4v) is 2.74. The van der Waals surface area contributed by atoms with Gasteiger partial charge in [0, 0.05) is 11.4 Å². The number of hydrogen-bond acceptors (Lipinski definition) is 5. The number of amides is 1. The summed E-state index contributed by atoms with van der Waals surface area (Å²) in [6, 6.07) is 10.4. The molecule has 1 N–H and O–H groups in total. The van der Waals surface area contributed by atoms with Gasteiger partial charge in [-0.3, -0.25) is 9.59 Å². The van der Waals surface area contributed by atoms with E-state index in [0.29, 0.717) is 5.75 Å². The van der Waals surface area contributed by atoms with E-state index in [-0.39, 0.29) is 17.3 Å². The number of halogens is 4. The monoisotopic (exact) mass is 417 g/mol. The van der Waals surface area contributed by atoms with Crippen LogP contribution in [0.5, 0.6) is 5.75 Å². The number of rotatable bonds is 8. The Hall–Kier alpha value is -2.75. The highest BCUT2D eigenvalue weighted by Crippen LogP contribution is 2.23. The second-order valence-electron chi connectivity index (χ2n) is 5.40. The molecule has 0 unspecified atom stereocenters. The first-order valence-electron chi connectivity index (χ1n) is 7.85. The van der Waals surface area contributed by atoms with Crippen molar-refractivity contribution in [3.05, 3.63) is 59.9 Å². The zero-order valence-electron chi connectivity index (χ0n) is 14.3. The van der Waals surface area contributed by atoms with Crippen LogP contribution < -0.4 is 10.1 Å². The minimum absolute atomic E-state index is 0.00807. The molecular weight excluding hydrogens is 402 g/mol. The number of hydrogen-bond donors (Lipinski definition) is 1. The smallest absolute Gasteiger partial charge is 0.455 e. The zero-order chi connectivity index (χ0) is 20.6. The molecule has 0 aliphatic heterocycles. The summed E-state index contributed by atoms with van der Waals surface area (Å²) in [5, 5.41) is 2.38. The summed E-state index contributed by atoms with van der Waals surface area (Å²) in [6.45, 7) is -0.531. The van der Waals surface area contributed by atoms with Gasteiger partial charge in [0.1, 0.15) is 11.6 Å². The van der Waals surface area contributed by atoms with Gasteiger partial charge in [-0.1, -0.05) is 12.1 Å². The van der Waals surface area contributed by atoms with Crippen molar-refractivity contribution >= 4 is 29.3 Å². The van der Waals surface area contributed by atoms with Crippen LogP contribution in [0, 0.1) is 5.82 Å². The van der Waals surface area contributed by atoms with Crippen LogP contribution in [0.4, 0.5) is 23.2 Å². The highest BCUT2D eigenvalue weighted by molar-refractivity contribution is 7.99. The normalized spacial score (nSPS) is 11.0. The maximum Gasteiger partial charge on any atom is 0.573 e. The Morgan fingerprint density at radius 3 is 2.25 bits per heavy atom. The Kier molecular flexibility index (Phi) is 7.68. The molecule has 0 atom stereocenters. The number of esters is 1. The van der Waals surface area contributed by atoms with Crippen LogP contribution in [0.1, 0.15) is 5.56 Å². The SMILES string of the molecule is O=C(COC(=O)CSCc1ccc(F)cc1)Nc1ccc(OC(F)(F)F)cc1. The first kappa shape index (κ1) is 21.5. The fourth-order valence-electron chi connectivity index (χ4n) is 1.96. The van der Waals surface area contributed by atoms with Gasteiger partial charge in [0.25, 0.3) is 5.91 Å². The molecule has 10 heteroatoms. The Morgan fingerprint density at radius 1 is 1.00 bits per heavy atom. The average Bonchev–Trinajstić information content (AvgIpc) is 2.62. The quantitative estimate of drug-likeness (QED) is 0.517. The van der Waals surface area contributed by atoms with Crippen molar-refractivity contribution in [3.63, 3.8) is 0 Å². The van der Waals surface area contributed by atoms with E-state index in [1.807, 2.05) is 0 Å². The highest BCUT2D eigenvalue weighted by Gasteiger charge is 2.30. The third-order valence-corrected chi connectivity index (χ3v) is 4.12. The Morgan fingerprint density at radius 2 is 1.64 bits per heavy atom. The molecule has 0 saturated carbocycles. The van der Waals surface area contributed by atoms with E-state index in [2.05, 4.69) is 10.1 Å². The van der Waals surface area contributed by atoms with Crippen molar-refractivity contribution in [2.75, 3.05) is 17.7 Å². The number of benzene rings is 2. The van der Waals surface area contributed by atoms with E-state index in [0.717, 1.165) is 17.7 Å². The molecule has 0 heterocycles. The van der Waals surface area contributed by atoms with Crippen molar-refractivity contribution < 1.29 is 36.6 Å². The molecular formula is C18H15F4NO4S. The number of thioether (sulfide) groups is 1. The Balaban J connectivity index is 1.67. The molecule has 1 amide bonds. The van der Waals surface area contributed by atoms with Crippen LogP contribution in [0.3, 0.4) is 0 Å². The van der Waals surface area contributed by atoms with E-state index in [1.165, 1.54) is 36.0 Å². The molecule has 0 aromatic heterocycles. The van der Waals surface area contributed by atoms with Gasteiger partial charge in [-0.2, -0.15) is 0 Å². The number of ether oxygens (including phenoxy) is 2. The van der Waals surface area contributed by atoms with Crippen molar-refractivity contribution in [2.24, 2.45) is 0 Å². The highest BCUT2D eigenvalue weighted by atomic mass is 32.2. The van der Waals surface area contributed by atoms with Crippen molar-refractivity contribution in [1.82, 2.24) is 0 Å². The molecule has 0 fully saturated rings. The molecule has 0 radical (unpaired) electrons. The summed E-state index contributed by atoms with van der Waals surface area (Å²) >= 11 is 1.25. The third-order valence-electron chi connectivity index (χ3n) is 3.14. The van der Waals surface area contributed by atoms with E-state index in [4.69, 9.17) is 4.74 Å². The lowest BCUT2D eigenvalue weighted by atomic mass is 10.2. The second kappa shape index (κ2) is 9.98. The first-order chi connectivity index (χ1) is 13.2. The lowest BCUT2D eigenvalue weighted by Gasteiger charge is -2.10. The van der Waals surface area contributed by atoms with Crippen LogP contribution in [0.25, 0.3) is 0 Å². The number of anilines is 1. The molecule has 2 aromatic carbocycles. The van der Waals surface area contributed by atoms with E-state index in [1.54, 1.807) is 12.1 Å². The Labute approximate surface area is 162 Å². The summed E-state index contributed by atoms with van der Waals surface area (Å²) < 4.78 is 57.5. The molecule has 2 rings (SSSR count). The van der Waals surface area contributed by atoms with Crippen LogP contribution in [-0.2, 0) is 20.1 Å². The predicted molar refractivity (Wildman–Crippen MR) is 95.3 cm³/mol. The first-order valence-corrected chi connectivity index (χ1v) is 9.00. The van der Waals surface area contributed by atoms with E-state index >= 15 is 0 Å². The minimum Gasteiger partial charge on any atom is -0.455 e. The topological polar surface area (TPSA) is 64.6 Å². The van der Waals surface area contributed by atoms with Gasteiger partial charge in [-0.15, -0.1) is 24.9 Å². The van der Waals surface area contributed by atoms with Gasteiger partial charge < -0.3 is 14.8 Å². The molecule has 0 aliphatic rings. The standard InChI is InChI=1S/C18H15F4NO4S/c19-13-3-1-12(2-4-13)10-28-11-17(25)26-9-16(24)23-14-5-7-15(8-6-14)27-18(20,21)22/h1-8H,9-11H2,(H,23,24). The molecule has 0 spiro atoms. The molecule has 5 nitrogen and oxygen atoms in total. The van der Waals surface area contributed by atoms with Gasteiger partial charge in [-0.05, 0) is 42.0 Å². The van der Waals surface area contributed by atoms with Crippen LogP contribution in [0.15, 0.2) is 48.5 Å². The maximum absolute atomic E-state index is 12.8. The average molecular weight is 417 g/mol. The van der Waals surface area contributed by atoms with Crippen LogP contribution >= 0.6 is 11.8 Å². The molecule has 0 saturated heterocycles. The van der Waals surface area contributed by atoms with Gasteiger partial charge in [0.15, 0.2) is 6.61 Å². The zero-order valence-corrected chi connectivity index (χ0v) is 15.1. The summed E-state index contributed by atoms with van der Waals surface area (Å²) in [5.74, 6) is -1.52. The van der Waals surface area contributed by atoms with Crippen LogP contribution in [-0.4, -0.2) is 30.6 Å². The van der Waals surface area contributed by atoms with Gasteiger partial charge in [-0.25, -0.2) is 4.39 Å². The summed E-state index contributed by atoms with van der Waals surface area (Å²) in [5.41, 5.74) is 1.07. The molecule has 0 bridgehead atoms. The lowest BCUT2D eigenvalue weighted by molar-refractivity contribution is -0.274. The molecule has 28 heavy (non-hydrogen) atoms. The largest absolute Gasteiger partial charge is 0.573 e.